The fraction of sp³-hybridized carbons (Fsp3) is 0.381. The Morgan fingerprint density at radius 2 is 2.00 bits per heavy atom. The molecule has 4 rings (SSSR count). The van der Waals surface area contributed by atoms with Gasteiger partial charge in [0, 0.05) is 23.3 Å². The topological polar surface area (TPSA) is 52.0 Å². The zero-order valence-corrected chi connectivity index (χ0v) is 16.3. The van der Waals surface area contributed by atoms with Crippen molar-refractivity contribution in [3.8, 4) is 11.5 Å². The highest BCUT2D eigenvalue weighted by atomic mass is 32.2. The number of hydrogen-bond donors (Lipinski definition) is 2. The molecule has 27 heavy (non-hydrogen) atoms. The molecule has 2 heterocycles. The van der Waals surface area contributed by atoms with Gasteiger partial charge >= 0.3 is 0 Å². The third-order valence-corrected chi connectivity index (χ3v) is 6.02. The number of benzene rings is 2. The van der Waals surface area contributed by atoms with Crippen LogP contribution in [0.3, 0.4) is 0 Å². The average molecular weight is 386 g/mol. The molecule has 2 aliphatic rings. The molecule has 2 aromatic rings. The second-order valence-corrected chi connectivity index (χ2v) is 7.78. The minimum Gasteiger partial charge on any atom is -0.486 e. The van der Waals surface area contributed by atoms with E-state index in [1.165, 1.54) is 10.5 Å². The first kappa shape index (κ1) is 18.2. The molecule has 1 unspecified atom stereocenters. The van der Waals surface area contributed by atoms with Gasteiger partial charge in [0.15, 0.2) is 18.0 Å². The number of carbonyl (C=O) groups is 1. The zero-order chi connectivity index (χ0) is 18.6. The minimum atomic E-state index is 0.0657. The standard InChI is InChI=1S/C21H24N2O3S/c1-27-20-7-3-2-5-16(20)22-21(24)14-23-10-4-6-17(23)15-8-9-18-19(13-15)26-12-11-25-18/h2-3,5,7-9,13,17H,4,6,10-12,14H2,1H3,(H,22,24)/p+1/t17-/m1/s1. The first-order valence-electron chi connectivity index (χ1n) is 9.41. The van der Waals surface area contributed by atoms with Gasteiger partial charge in [-0.15, -0.1) is 11.8 Å². The van der Waals surface area contributed by atoms with Crippen LogP contribution in [0.5, 0.6) is 11.5 Å². The predicted octanol–water partition coefficient (Wildman–Crippen LogP) is 2.54. The SMILES string of the molecule is CSc1ccccc1NC(=O)C[NH+]1CCC[C@@H]1c1ccc2c(c1)OCCO2. The fourth-order valence-electron chi connectivity index (χ4n) is 3.95. The van der Waals surface area contributed by atoms with Crippen LogP contribution in [0.4, 0.5) is 5.69 Å². The van der Waals surface area contributed by atoms with Gasteiger partial charge in [-0.1, -0.05) is 12.1 Å². The summed E-state index contributed by atoms with van der Waals surface area (Å²) < 4.78 is 11.4. The summed E-state index contributed by atoms with van der Waals surface area (Å²) in [5.74, 6) is 1.70. The number of likely N-dealkylation sites (tertiary alicyclic amines) is 1. The predicted molar refractivity (Wildman–Crippen MR) is 107 cm³/mol. The van der Waals surface area contributed by atoms with E-state index in [-0.39, 0.29) is 5.91 Å². The number of rotatable bonds is 5. The molecule has 2 N–H and O–H groups in total. The summed E-state index contributed by atoms with van der Waals surface area (Å²) in [6.07, 6.45) is 4.24. The largest absolute Gasteiger partial charge is 0.486 e. The number of hydrogen-bond acceptors (Lipinski definition) is 4. The molecule has 1 fully saturated rings. The van der Waals surface area contributed by atoms with Crippen LogP contribution >= 0.6 is 11.8 Å². The Labute approximate surface area is 164 Å². The van der Waals surface area contributed by atoms with Crippen molar-refractivity contribution in [3.63, 3.8) is 0 Å². The van der Waals surface area contributed by atoms with Crippen LogP contribution in [0.2, 0.25) is 0 Å². The van der Waals surface area contributed by atoms with Crippen molar-refractivity contribution in [2.75, 3.05) is 37.9 Å². The number of anilines is 1. The molecule has 0 spiro atoms. The lowest BCUT2D eigenvalue weighted by Gasteiger charge is -2.24. The molecule has 0 aliphatic carbocycles. The highest BCUT2D eigenvalue weighted by Gasteiger charge is 2.32. The number of quaternary nitrogens is 1. The smallest absolute Gasteiger partial charge is 0.279 e. The van der Waals surface area contributed by atoms with Crippen molar-refractivity contribution >= 4 is 23.4 Å². The van der Waals surface area contributed by atoms with E-state index >= 15 is 0 Å². The maximum atomic E-state index is 12.7. The molecule has 0 bridgehead atoms. The van der Waals surface area contributed by atoms with Gasteiger partial charge in [0.2, 0.25) is 0 Å². The fourth-order valence-corrected chi connectivity index (χ4v) is 4.50. The van der Waals surface area contributed by atoms with Crippen molar-refractivity contribution in [1.82, 2.24) is 0 Å². The lowest BCUT2D eigenvalue weighted by Crippen LogP contribution is -3.11. The van der Waals surface area contributed by atoms with Gasteiger partial charge in [-0.3, -0.25) is 4.79 Å². The molecule has 142 valence electrons. The molecule has 0 aromatic heterocycles. The summed E-state index contributed by atoms with van der Waals surface area (Å²) in [4.78, 5) is 15.1. The van der Waals surface area contributed by atoms with E-state index in [0.29, 0.717) is 25.8 Å². The Morgan fingerprint density at radius 1 is 1.19 bits per heavy atom. The third-order valence-electron chi connectivity index (χ3n) is 5.22. The summed E-state index contributed by atoms with van der Waals surface area (Å²) >= 11 is 1.64. The monoisotopic (exact) mass is 385 g/mol. The molecule has 0 saturated carbocycles. The van der Waals surface area contributed by atoms with E-state index in [9.17, 15) is 4.79 Å². The molecule has 0 radical (unpaired) electrons. The van der Waals surface area contributed by atoms with Gasteiger partial charge in [-0.2, -0.15) is 0 Å². The van der Waals surface area contributed by atoms with Crippen LogP contribution in [0.25, 0.3) is 0 Å². The Balaban J connectivity index is 1.45. The van der Waals surface area contributed by atoms with E-state index in [1.54, 1.807) is 11.8 Å². The number of nitrogens with one attached hydrogen (secondary N) is 2. The van der Waals surface area contributed by atoms with Crippen molar-refractivity contribution < 1.29 is 19.2 Å². The minimum absolute atomic E-state index is 0.0657. The second-order valence-electron chi connectivity index (χ2n) is 6.93. The summed E-state index contributed by atoms with van der Waals surface area (Å²) in [5.41, 5.74) is 2.12. The van der Waals surface area contributed by atoms with Crippen molar-refractivity contribution in [2.45, 2.75) is 23.8 Å². The first-order valence-corrected chi connectivity index (χ1v) is 10.6. The van der Waals surface area contributed by atoms with Gasteiger partial charge in [-0.25, -0.2) is 0 Å². The normalized spacial score (nSPS) is 21.1. The Morgan fingerprint density at radius 3 is 2.85 bits per heavy atom. The third kappa shape index (κ3) is 4.06. The van der Waals surface area contributed by atoms with Gasteiger partial charge in [0.1, 0.15) is 19.3 Å². The number of para-hydroxylation sites is 1. The van der Waals surface area contributed by atoms with Crippen LogP contribution in [0.15, 0.2) is 47.4 Å². The van der Waals surface area contributed by atoms with Crippen LogP contribution in [-0.2, 0) is 4.79 Å². The number of ether oxygens (including phenoxy) is 2. The van der Waals surface area contributed by atoms with Crippen LogP contribution in [0.1, 0.15) is 24.4 Å². The molecular formula is C21H25N2O3S+. The molecule has 2 aliphatic heterocycles. The van der Waals surface area contributed by atoms with Gasteiger partial charge in [-0.05, 0) is 36.6 Å². The molecule has 1 amide bonds. The van der Waals surface area contributed by atoms with E-state index in [4.69, 9.17) is 9.47 Å². The van der Waals surface area contributed by atoms with Crippen molar-refractivity contribution in [3.05, 3.63) is 48.0 Å². The van der Waals surface area contributed by atoms with E-state index in [2.05, 4.69) is 17.4 Å². The Kier molecular flexibility index (Phi) is 5.55. The number of carbonyl (C=O) groups excluding carboxylic acids is 1. The van der Waals surface area contributed by atoms with E-state index < -0.39 is 0 Å². The zero-order valence-electron chi connectivity index (χ0n) is 15.5. The summed E-state index contributed by atoms with van der Waals surface area (Å²) in [6.45, 7) is 2.68. The lowest BCUT2D eigenvalue weighted by atomic mass is 10.0. The molecule has 1 saturated heterocycles. The number of amides is 1. The maximum absolute atomic E-state index is 12.7. The molecule has 5 nitrogen and oxygen atoms in total. The second kappa shape index (κ2) is 8.23. The maximum Gasteiger partial charge on any atom is 0.279 e. The molecule has 2 atom stereocenters. The molecular weight excluding hydrogens is 360 g/mol. The van der Waals surface area contributed by atoms with E-state index in [1.807, 2.05) is 36.6 Å². The van der Waals surface area contributed by atoms with Crippen molar-refractivity contribution in [1.29, 1.82) is 0 Å². The van der Waals surface area contributed by atoms with Gasteiger partial charge < -0.3 is 19.7 Å². The van der Waals surface area contributed by atoms with E-state index in [0.717, 1.165) is 41.5 Å². The summed E-state index contributed by atoms with van der Waals surface area (Å²) in [7, 11) is 0. The first-order chi connectivity index (χ1) is 13.2. The van der Waals surface area contributed by atoms with Crippen molar-refractivity contribution in [2.24, 2.45) is 0 Å². The summed E-state index contributed by atoms with van der Waals surface area (Å²) in [5, 5.41) is 3.08. The van der Waals surface area contributed by atoms with Gasteiger partial charge in [0.25, 0.3) is 5.91 Å². The summed E-state index contributed by atoms with van der Waals surface area (Å²) in [6, 6.07) is 14.5. The van der Waals surface area contributed by atoms with Crippen LogP contribution < -0.4 is 19.7 Å². The molecule has 6 heteroatoms. The number of thioether (sulfide) groups is 1. The average Bonchev–Trinajstić information content (AvgIpc) is 3.16. The van der Waals surface area contributed by atoms with Gasteiger partial charge in [0.05, 0.1) is 12.2 Å². The highest BCUT2D eigenvalue weighted by molar-refractivity contribution is 7.98. The number of fused-ring (bicyclic) bond motifs is 1. The quantitative estimate of drug-likeness (QED) is 0.777. The Bertz CT molecular complexity index is 827. The lowest BCUT2D eigenvalue weighted by molar-refractivity contribution is -0.910. The highest BCUT2D eigenvalue weighted by Crippen LogP contribution is 2.33. The van der Waals surface area contributed by atoms with Crippen LogP contribution in [0, 0.1) is 0 Å². The van der Waals surface area contributed by atoms with Crippen LogP contribution in [-0.4, -0.2) is 38.5 Å². The molecule has 2 aromatic carbocycles. The Hall–Kier alpha value is -2.18.